The van der Waals surface area contributed by atoms with Crippen LogP contribution < -0.4 is 0 Å². The van der Waals surface area contributed by atoms with E-state index in [4.69, 9.17) is 4.42 Å². The van der Waals surface area contributed by atoms with Crippen molar-refractivity contribution in [1.82, 2.24) is 15.1 Å². The molecule has 3 aromatic rings. The molecule has 0 N–H and O–H groups in total. The Kier molecular flexibility index (Phi) is 5.11. The van der Waals surface area contributed by atoms with Gasteiger partial charge in [-0.2, -0.15) is 0 Å². The molecule has 0 saturated carbocycles. The highest BCUT2D eigenvalue weighted by Gasteiger charge is 2.11. The van der Waals surface area contributed by atoms with E-state index in [0.29, 0.717) is 18.3 Å². The first-order chi connectivity index (χ1) is 11.5. The van der Waals surface area contributed by atoms with Crippen molar-refractivity contribution in [2.75, 3.05) is 7.05 Å². The van der Waals surface area contributed by atoms with Crippen molar-refractivity contribution in [1.29, 1.82) is 0 Å². The Morgan fingerprint density at radius 1 is 1.00 bits per heavy atom. The van der Waals surface area contributed by atoms with Gasteiger partial charge in [0.1, 0.15) is 0 Å². The minimum absolute atomic E-state index is 0.553. The van der Waals surface area contributed by atoms with Gasteiger partial charge in [-0.05, 0) is 56.3 Å². The first kappa shape index (κ1) is 16.9. The Bertz CT molecular complexity index is 827. The van der Waals surface area contributed by atoms with Crippen molar-refractivity contribution in [2.45, 2.75) is 26.9 Å². The SMILES string of the molecule is Cc1ccc(CN(C)Cc2nnc(-c3ccc(Br)cc3)o2)c(C)c1. The largest absolute Gasteiger partial charge is 0.419 e. The molecule has 0 aliphatic carbocycles. The Morgan fingerprint density at radius 2 is 1.75 bits per heavy atom. The Labute approximate surface area is 150 Å². The van der Waals surface area contributed by atoms with Gasteiger partial charge in [-0.3, -0.25) is 4.90 Å². The predicted octanol–water partition coefficient (Wildman–Crippen LogP) is 4.75. The number of hydrogen-bond acceptors (Lipinski definition) is 4. The molecule has 0 amide bonds. The summed E-state index contributed by atoms with van der Waals surface area (Å²) in [6.07, 6.45) is 0. The third-order valence-electron chi connectivity index (χ3n) is 3.90. The molecule has 0 atom stereocenters. The van der Waals surface area contributed by atoms with Gasteiger partial charge in [0.25, 0.3) is 0 Å². The van der Waals surface area contributed by atoms with Gasteiger partial charge in [-0.15, -0.1) is 10.2 Å². The van der Waals surface area contributed by atoms with Gasteiger partial charge >= 0.3 is 0 Å². The van der Waals surface area contributed by atoms with Crippen LogP contribution in [0.3, 0.4) is 0 Å². The maximum absolute atomic E-state index is 5.79. The standard InChI is InChI=1S/C19H20BrN3O/c1-13-4-5-16(14(2)10-13)11-23(3)12-18-21-22-19(24-18)15-6-8-17(20)9-7-15/h4-10H,11-12H2,1-3H3. The second kappa shape index (κ2) is 7.28. The van der Waals surface area contributed by atoms with Gasteiger partial charge in [0.05, 0.1) is 6.54 Å². The van der Waals surface area contributed by atoms with E-state index >= 15 is 0 Å². The maximum Gasteiger partial charge on any atom is 0.247 e. The molecule has 0 fully saturated rings. The smallest absolute Gasteiger partial charge is 0.247 e. The molecule has 0 aliphatic heterocycles. The number of aromatic nitrogens is 2. The van der Waals surface area contributed by atoms with E-state index in [1.807, 2.05) is 24.3 Å². The molecule has 4 nitrogen and oxygen atoms in total. The molecule has 1 aromatic heterocycles. The minimum atomic E-state index is 0.553. The van der Waals surface area contributed by atoms with Crippen LogP contribution in [0.2, 0.25) is 0 Å². The summed E-state index contributed by atoms with van der Waals surface area (Å²) in [6.45, 7) is 5.73. The van der Waals surface area contributed by atoms with Crippen LogP contribution in [-0.4, -0.2) is 22.1 Å². The molecule has 124 valence electrons. The molecule has 0 aliphatic rings. The van der Waals surface area contributed by atoms with E-state index in [-0.39, 0.29) is 0 Å². The quantitative estimate of drug-likeness (QED) is 0.635. The number of nitrogens with zero attached hydrogens (tertiary/aromatic N) is 3. The van der Waals surface area contributed by atoms with Crippen molar-refractivity contribution in [3.63, 3.8) is 0 Å². The van der Waals surface area contributed by atoms with Crippen LogP contribution in [0.15, 0.2) is 51.4 Å². The van der Waals surface area contributed by atoms with Crippen molar-refractivity contribution >= 4 is 15.9 Å². The molecular formula is C19H20BrN3O. The van der Waals surface area contributed by atoms with E-state index in [2.05, 4.69) is 70.1 Å². The summed E-state index contributed by atoms with van der Waals surface area (Å²) in [5.74, 6) is 1.18. The highest BCUT2D eigenvalue weighted by atomic mass is 79.9. The summed E-state index contributed by atoms with van der Waals surface area (Å²) in [7, 11) is 2.06. The molecule has 0 spiro atoms. The van der Waals surface area contributed by atoms with Crippen molar-refractivity contribution in [2.24, 2.45) is 0 Å². The second-order valence-electron chi connectivity index (χ2n) is 6.11. The normalized spacial score (nSPS) is 11.2. The van der Waals surface area contributed by atoms with Crippen LogP contribution >= 0.6 is 15.9 Å². The number of benzene rings is 2. The fraction of sp³-hybridized carbons (Fsp3) is 0.263. The fourth-order valence-electron chi connectivity index (χ4n) is 2.63. The molecule has 0 radical (unpaired) electrons. The Balaban J connectivity index is 1.66. The molecular weight excluding hydrogens is 366 g/mol. The van der Waals surface area contributed by atoms with Crippen LogP contribution in [0.5, 0.6) is 0 Å². The van der Waals surface area contributed by atoms with E-state index in [1.165, 1.54) is 16.7 Å². The number of halogens is 1. The lowest BCUT2D eigenvalue weighted by Crippen LogP contribution is -2.18. The molecule has 24 heavy (non-hydrogen) atoms. The van der Waals surface area contributed by atoms with Gasteiger partial charge in [0.2, 0.25) is 11.8 Å². The summed E-state index contributed by atoms with van der Waals surface area (Å²) in [4.78, 5) is 2.18. The first-order valence-corrected chi connectivity index (χ1v) is 8.63. The highest BCUT2D eigenvalue weighted by molar-refractivity contribution is 9.10. The average Bonchev–Trinajstić information content (AvgIpc) is 2.99. The van der Waals surface area contributed by atoms with E-state index in [0.717, 1.165) is 16.6 Å². The van der Waals surface area contributed by atoms with Crippen molar-refractivity contribution in [3.8, 4) is 11.5 Å². The van der Waals surface area contributed by atoms with Gasteiger partial charge in [-0.1, -0.05) is 39.7 Å². The molecule has 5 heteroatoms. The van der Waals surface area contributed by atoms with E-state index in [1.54, 1.807) is 0 Å². The monoisotopic (exact) mass is 385 g/mol. The lowest BCUT2D eigenvalue weighted by Gasteiger charge is -2.16. The lowest BCUT2D eigenvalue weighted by molar-refractivity contribution is 0.282. The summed E-state index contributed by atoms with van der Waals surface area (Å²) >= 11 is 3.42. The lowest BCUT2D eigenvalue weighted by atomic mass is 10.1. The number of hydrogen-bond donors (Lipinski definition) is 0. The topological polar surface area (TPSA) is 42.2 Å². The van der Waals surface area contributed by atoms with Gasteiger partial charge in [0, 0.05) is 16.6 Å². The maximum atomic E-state index is 5.79. The zero-order chi connectivity index (χ0) is 17.1. The zero-order valence-electron chi connectivity index (χ0n) is 14.1. The van der Waals surface area contributed by atoms with E-state index < -0.39 is 0 Å². The number of rotatable bonds is 5. The third kappa shape index (κ3) is 4.10. The van der Waals surface area contributed by atoms with Crippen LogP contribution in [0, 0.1) is 13.8 Å². The minimum Gasteiger partial charge on any atom is -0.419 e. The van der Waals surface area contributed by atoms with Crippen LogP contribution in [0.4, 0.5) is 0 Å². The molecule has 3 rings (SSSR count). The van der Waals surface area contributed by atoms with E-state index in [9.17, 15) is 0 Å². The molecule has 1 heterocycles. The molecule has 2 aromatic carbocycles. The third-order valence-corrected chi connectivity index (χ3v) is 4.43. The highest BCUT2D eigenvalue weighted by Crippen LogP contribution is 2.21. The first-order valence-electron chi connectivity index (χ1n) is 7.84. The van der Waals surface area contributed by atoms with Gasteiger partial charge in [0.15, 0.2) is 0 Å². The second-order valence-corrected chi connectivity index (χ2v) is 7.03. The van der Waals surface area contributed by atoms with Crippen LogP contribution in [0.25, 0.3) is 11.5 Å². The molecule has 0 saturated heterocycles. The summed E-state index contributed by atoms with van der Waals surface area (Å²) < 4.78 is 6.82. The Morgan fingerprint density at radius 3 is 2.46 bits per heavy atom. The van der Waals surface area contributed by atoms with Crippen molar-refractivity contribution in [3.05, 3.63) is 69.5 Å². The van der Waals surface area contributed by atoms with Gasteiger partial charge < -0.3 is 4.42 Å². The van der Waals surface area contributed by atoms with Crippen LogP contribution in [0.1, 0.15) is 22.6 Å². The fourth-order valence-corrected chi connectivity index (χ4v) is 2.89. The Hall–Kier alpha value is -1.98. The predicted molar refractivity (Wildman–Crippen MR) is 98.5 cm³/mol. The van der Waals surface area contributed by atoms with Gasteiger partial charge in [-0.25, -0.2) is 0 Å². The molecule has 0 unspecified atom stereocenters. The molecule has 0 bridgehead atoms. The number of aryl methyl sites for hydroxylation is 2. The van der Waals surface area contributed by atoms with Crippen molar-refractivity contribution < 1.29 is 4.42 Å². The van der Waals surface area contributed by atoms with Crippen LogP contribution in [-0.2, 0) is 13.1 Å². The summed E-state index contributed by atoms with van der Waals surface area (Å²) in [5, 5.41) is 8.31. The average molecular weight is 386 g/mol. The summed E-state index contributed by atoms with van der Waals surface area (Å²) in [6, 6.07) is 14.4. The summed E-state index contributed by atoms with van der Waals surface area (Å²) in [5.41, 5.74) is 4.84. The zero-order valence-corrected chi connectivity index (χ0v) is 15.7.